The van der Waals surface area contributed by atoms with E-state index in [2.05, 4.69) is 10.5 Å². The van der Waals surface area contributed by atoms with E-state index in [9.17, 15) is 4.39 Å². The largest absolute Gasteiger partial charge is 0.272 e. The monoisotopic (exact) mass is 262 g/mol. The van der Waals surface area contributed by atoms with Crippen LogP contribution in [0.3, 0.4) is 0 Å². The van der Waals surface area contributed by atoms with Crippen molar-refractivity contribution in [2.45, 2.75) is 26.8 Å². The van der Waals surface area contributed by atoms with Gasteiger partial charge in [-0.2, -0.15) is 5.10 Å². The lowest BCUT2D eigenvalue weighted by Crippen LogP contribution is -2.29. The molecule has 1 atom stereocenters. The fraction of sp³-hybridized carbons (Fsp3) is 0.357. The van der Waals surface area contributed by atoms with Crippen molar-refractivity contribution in [2.24, 2.45) is 12.9 Å². The van der Waals surface area contributed by atoms with E-state index in [0.717, 1.165) is 22.5 Å². The average molecular weight is 262 g/mol. The van der Waals surface area contributed by atoms with E-state index in [4.69, 9.17) is 5.84 Å². The Kier molecular flexibility index (Phi) is 3.68. The Hall–Kier alpha value is -1.72. The second-order valence-electron chi connectivity index (χ2n) is 4.82. The summed E-state index contributed by atoms with van der Waals surface area (Å²) in [7, 11) is 1.88. The molecule has 1 heterocycles. The fourth-order valence-electron chi connectivity index (χ4n) is 2.34. The molecule has 0 aliphatic carbocycles. The van der Waals surface area contributed by atoms with E-state index in [0.29, 0.717) is 5.56 Å². The predicted octanol–water partition coefficient (Wildman–Crippen LogP) is 2.04. The maximum absolute atomic E-state index is 13.7. The van der Waals surface area contributed by atoms with Crippen molar-refractivity contribution >= 4 is 0 Å². The second kappa shape index (κ2) is 5.11. The molecule has 1 unspecified atom stereocenters. The molecular weight excluding hydrogens is 243 g/mol. The van der Waals surface area contributed by atoms with Gasteiger partial charge in [-0.3, -0.25) is 10.5 Å². The third-order valence-electron chi connectivity index (χ3n) is 3.55. The maximum atomic E-state index is 13.7. The molecule has 19 heavy (non-hydrogen) atoms. The van der Waals surface area contributed by atoms with Crippen molar-refractivity contribution in [3.63, 3.8) is 0 Å². The van der Waals surface area contributed by atoms with E-state index < -0.39 is 0 Å². The van der Waals surface area contributed by atoms with Gasteiger partial charge in [-0.05, 0) is 38.0 Å². The SMILES string of the molecule is Cc1ccc(C(NN)c2c(C)nn(C)c2C)cc1F. The zero-order chi connectivity index (χ0) is 14.2. The van der Waals surface area contributed by atoms with Crippen LogP contribution in [0.15, 0.2) is 18.2 Å². The summed E-state index contributed by atoms with van der Waals surface area (Å²) in [5.74, 6) is 5.44. The topological polar surface area (TPSA) is 55.9 Å². The molecule has 0 aliphatic heterocycles. The zero-order valence-corrected chi connectivity index (χ0v) is 11.7. The van der Waals surface area contributed by atoms with Gasteiger partial charge in [-0.15, -0.1) is 0 Å². The highest BCUT2D eigenvalue weighted by atomic mass is 19.1. The van der Waals surface area contributed by atoms with E-state index >= 15 is 0 Å². The molecule has 0 bridgehead atoms. The number of hydrazine groups is 1. The van der Waals surface area contributed by atoms with Crippen LogP contribution in [0, 0.1) is 26.6 Å². The Morgan fingerprint density at radius 3 is 2.47 bits per heavy atom. The van der Waals surface area contributed by atoms with E-state index in [1.54, 1.807) is 17.7 Å². The predicted molar refractivity (Wildman–Crippen MR) is 73.0 cm³/mol. The number of nitrogens with two attached hydrogens (primary N) is 1. The van der Waals surface area contributed by atoms with Crippen LogP contribution in [0.5, 0.6) is 0 Å². The lowest BCUT2D eigenvalue weighted by Gasteiger charge is -2.18. The molecule has 0 spiro atoms. The first-order valence-corrected chi connectivity index (χ1v) is 6.18. The van der Waals surface area contributed by atoms with Gasteiger partial charge in [0.1, 0.15) is 5.82 Å². The van der Waals surface area contributed by atoms with Gasteiger partial charge in [-0.1, -0.05) is 12.1 Å². The van der Waals surface area contributed by atoms with Crippen LogP contribution in [0.4, 0.5) is 4.39 Å². The number of hydrogen-bond acceptors (Lipinski definition) is 3. The molecular formula is C14H19FN4. The van der Waals surface area contributed by atoms with E-state index in [-0.39, 0.29) is 11.9 Å². The lowest BCUT2D eigenvalue weighted by atomic mass is 9.96. The summed E-state index contributed by atoms with van der Waals surface area (Å²) >= 11 is 0. The minimum atomic E-state index is -0.260. The summed E-state index contributed by atoms with van der Waals surface area (Å²) in [6.07, 6.45) is 0. The molecule has 0 saturated heterocycles. The van der Waals surface area contributed by atoms with Crippen LogP contribution in [-0.4, -0.2) is 9.78 Å². The normalized spacial score (nSPS) is 12.7. The summed E-state index contributed by atoms with van der Waals surface area (Å²) in [4.78, 5) is 0. The number of nitrogens with zero attached hydrogens (tertiary/aromatic N) is 2. The Balaban J connectivity index is 2.52. The first-order valence-electron chi connectivity index (χ1n) is 6.18. The van der Waals surface area contributed by atoms with Crippen LogP contribution >= 0.6 is 0 Å². The molecule has 0 amide bonds. The zero-order valence-electron chi connectivity index (χ0n) is 11.7. The van der Waals surface area contributed by atoms with E-state index in [1.807, 2.05) is 27.0 Å². The number of hydrogen-bond donors (Lipinski definition) is 2. The van der Waals surface area contributed by atoms with E-state index in [1.165, 1.54) is 6.07 Å². The number of halogens is 1. The Bertz CT molecular complexity index is 604. The van der Waals surface area contributed by atoms with Crippen LogP contribution in [0.1, 0.15) is 34.1 Å². The summed E-state index contributed by atoms with van der Waals surface area (Å²) in [6.45, 7) is 5.64. The summed E-state index contributed by atoms with van der Waals surface area (Å²) in [6, 6.07) is 4.90. The van der Waals surface area contributed by atoms with Crippen molar-refractivity contribution in [1.82, 2.24) is 15.2 Å². The van der Waals surface area contributed by atoms with Gasteiger partial charge >= 0.3 is 0 Å². The first kappa shape index (κ1) is 13.7. The quantitative estimate of drug-likeness (QED) is 0.657. The second-order valence-corrected chi connectivity index (χ2v) is 4.82. The minimum absolute atomic E-state index is 0.225. The summed E-state index contributed by atoms with van der Waals surface area (Å²) in [5.41, 5.74) is 7.08. The standard InChI is InChI=1S/C14H19FN4/c1-8-5-6-11(7-12(8)15)14(17-16)13-9(2)18-19(4)10(13)3/h5-7,14,17H,16H2,1-4H3. The Morgan fingerprint density at radius 1 is 1.32 bits per heavy atom. The third kappa shape index (κ3) is 2.39. The van der Waals surface area contributed by atoms with Crippen LogP contribution in [0.25, 0.3) is 0 Å². The molecule has 1 aromatic carbocycles. The van der Waals surface area contributed by atoms with Crippen LogP contribution < -0.4 is 11.3 Å². The average Bonchev–Trinajstić information content (AvgIpc) is 2.61. The molecule has 4 nitrogen and oxygen atoms in total. The molecule has 0 radical (unpaired) electrons. The molecule has 3 N–H and O–H groups in total. The van der Waals surface area contributed by atoms with Crippen molar-refractivity contribution in [3.05, 3.63) is 52.1 Å². The van der Waals surface area contributed by atoms with Crippen LogP contribution in [-0.2, 0) is 7.05 Å². The molecule has 0 aliphatic rings. The summed E-state index contributed by atoms with van der Waals surface area (Å²) in [5, 5.41) is 4.37. The highest BCUT2D eigenvalue weighted by Gasteiger charge is 2.21. The van der Waals surface area contributed by atoms with Crippen molar-refractivity contribution in [2.75, 3.05) is 0 Å². The Labute approximate surface area is 112 Å². The van der Waals surface area contributed by atoms with Gasteiger partial charge in [0.05, 0.1) is 11.7 Å². The number of aromatic nitrogens is 2. The Morgan fingerprint density at radius 2 is 2.00 bits per heavy atom. The highest BCUT2D eigenvalue weighted by molar-refractivity contribution is 5.38. The molecule has 2 rings (SSSR count). The molecule has 102 valence electrons. The molecule has 0 saturated carbocycles. The van der Waals surface area contributed by atoms with Crippen molar-refractivity contribution in [1.29, 1.82) is 0 Å². The third-order valence-corrected chi connectivity index (χ3v) is 3.55. The van der Waals surface area contributed by atoms with Crippen molar-refractivity contribution < 1.29 is 4.39 Å². The first-order chi connectivity index (χ1) is 8.95. The smallest absolute Gasteiger partial charge is 0.126 e. The van der Waals surface area contributed by atoms with Gasteiger partial charge in [0.2, 0.25) is 0 Å². The molecule has 5 heteroatoms. The van der Waals surface area contributed by atoms with Gasteiger partial charge in [0.25, 0.3) is 0 Å². The van der Waals surface area contributed by atoms with Crippen molar-refractivity contribution in [3.8, 4) is 0 Å². The number of nitrogens with one attached hydrogen (secondary N) is 1. The maximum Gasteiger partial charge on any atom is 0.126 e. The number of rotatable bonds is 3. The van der Waals surface area contributed by atoms with Gasteiger partial charge in [0.15, 0.2) is 0 Å². The van der Waals surface area contributed by atoms with Gasteiger partial charge in [-0.25, -0.2) is 9.82 Å². The summed E-state index contributed by atoms with van der Waals surface area (Å²) < 4.78 is 15.5. The molecule has 1 aromatic heterocycles. The van der Waals surface area contributed by atoms with Gasteiger partial charge < -0.3 is 0 Å². The minimum Gasteiger partial charge on any atom is -0.272 e. The van der Waals surface area contributed by atoms with Crippen LogP contribution in [0.2, 0.25) is 0 Å². The fourth-order valence-corrected chi connectivity index (χ4v) is 2.34. The highest BCUT2D eigenvalue weighted by Crippen LogP contribution is 2.27. The molecule has 0 fully saturated rings. The number of aryl methyl sites for hydroxylation is 3. The van der Waals surface area contributed by atoms with Gasteiger partial charge in [0, 0.05) is 18.3 Å². The lowest BCUT2D eigenvalue weighted by molar-refractivity contribution is 0.596. The molecule has 2 aromatic rings. The number of benzene rings is 1.